The van der Waals surface area contributed by atoms with E-state index in [1.165, 1.54) is 0 Å². The van der Waals surface area contributed by atoms with Gasteiger partial charge in [0.1, 0.15) is 9.46 Å². The van der Waals surface area contributed by atoms with Crippen molar-refractivity contribution < 1.29 is 4.52 Å². The van der Waals surface area contributed by atoms with Gasteiger partial charge in [0.2, 0.25) is 0 Å². The van der Waals surface area contributed by atoms with E-state index in [0.29, 0.717) is 0 Å². The number of halogens is 1. The second kappa shape index (κ2) is 6.25. The van der Waals surface area contributed by atoms with Crippen molar-refractivity contribution in [1.29, 1.82) is 0 Å². The first-order chi connectivity index (χ1) is 12.1. The van der Waals surface area contributed by atoms with Crippen LogP contribution in [0.3, 0.4) is 0 Å². The van der Waals surface area contributed by atoms with Gasteiger partial charge < -0.3 is 4.52 Å². The Kier molecular flexibility index (Phi) is 4.07. The highest BCUT2D eigenvalue weighted by Gasteiger charge is 2.18. The van der Waals surface area contributed by atoms with Crippen LogP contribution in [0.5, 0.6) is 0 Å². The van der Waals surface area contributed by atoms with Gasteiger partial charge in [0.25, 0.3) is 0 Å². The van der Waals surface area contributed by atoms with E-state index >= 15 is 0 Å². The van der Waals surface area contributed by atoms with E-state index in [-0.39, 0.29) is 6.04 Å². The van der Waals surface area contributed by atoms with Gasteiger partial charge >= 0.3 is 0 Å². The molecule has 0 aliphatic carbocycles. The fourth-order valence-corrected chi connectivity index (χ4v) is 3.88. The summed E-state index contributed by atoms with van der Waals surface area (Å²) in [6, 6.07) is 12.4. The Labute approximate surface area is 159 Å². The second-order valence-corrected chi connectivity index (χ2v) is 7.12. The Hall–Kier alpha value is -2.22. The lowest BCUT2D eigenvalue weighted by Gasteiger charge is -2.13. The minimum absolute atomic E-state index is 0.0483. The van der Waals surface area contributed by atoms with Crippen LogP contribution >= 0.6 is 22.6 Å². The minimum Gasteiger partial charge on any atom is -0.361 e. The second-order valence-electron chi connectivity index (χ2n) is 6.10. The van der Waals surface area contributed by atoms with Crippen LogP contribution in [0.1, 0.15) is 30.1 Å². The maximum Gasteiger partial charge on any atom is 0.141 e. The molecule has 6 heteroatoms. The van der Waals surface area contributed by atoms with Gasteiger partial charge in [0.05, 0.1) is 22.9 Å². The quantitative estimate of drug-likeness (QED) is 0.421. The molecule has 1 aromatic carbocycles. The molecule has 1 atom stereocenters. The number of fused-ring (bicyclic) bond motifs is 1. The molecule has 0 radical (unpaired) electrons. The fourth-order valence-electron chi connectivity index (χ4n) is 3.19. The zero-order valence-electron chi connectivity index (χ0n) is 14.2. The summed E-state index contributed by atoms with van der Waals surface area (Å²) < 4.78 is 8.36. The topological polar surface area (TPSA) is 56.7 Å². The first-order valence-corrected chi connectivity index (χ1v) is 9.16. The number of pyridine rings is 1. The number of hydrogen-bond donors (Lipinski definition) is 0. The van der Waals surface area contributed by atoms with Crippen molar-refractivity contribution in [3.63, 3.8) is 0 Å². The number of aromatic nitrogens is 4. The Balaban J connectivity index is 1.90. The Morgan fingerprint density at radius 2 is 2.00 bits per heavy atom. The predicted molar refractivity (Wildman–Crippen MR) is 105 cm³/mol. The molecule has 0 aliphatic heterocycles. The van der Waals surface area contributed by atoms with Gasteiger partial charge in [0.15, 0.2) is 0 Å². The van der Waals surface area contributed by atoms with Crippen molar-refractivity contribution in [2.75, 3.05) is 0 Å². The van der Waals surface area contributed by atoms with Gasteiger partial charge in [-0.2, -0.15) is 5.10 Å². The lowest BCUT2D eigenvalue weighted by Crippen LogP contribution is -2.10. The maximum absolute atomic E-state index is 5.33. The van der Waals surface area contributed by atoms with Crippen LogP contribution in [0, 0.1) is 17.5 Å². The highest BCUT2D eigenvalue weighted by atomic mass is 127. The molecular weight excluding hydrogens is 427 g/mol. The van der Waals surface area contributed by atoms with E-state index in [1.807, 2.05) is 42.9 Å². The normalized spacial score (nSPS) is 12.6. The molecule has 5 nitrogen and oxygen atoms in total. The third-order valence-electron chi connectivity index (χ3n) is 4.47. The molecule has 0 amide bonds. The van der Waals surface area contributed by atoms with E-state index in [1.54, 1.807) is 0 Å². The predicted octanol–water partition coefficient (Wildman–Crippen LogP) is 4.92. The van der Waals surface area contributed by atoms with Crippen LogP contribution in [-0.2, 0) is 0 Å². The monoisotopic (exact) mass is 444 g/mol. The van der Waals surface area contributed by atoms with Crippen LogP contribution < -0.4 is 0 Å². The molecule has 4 aromatic rings. The Bertz CT molecular complexity index is 1030. The van der Waals surface area contributed by atoms with E-state index in [2.05, 4.69) is 57.9 Å². The van der Waals surface area contributed by atoms with Crippen LogP contribution in [-0.4, -0.2) is 19.9 Å². The maximum atomic E-state index is 5.33. The van der Waals surface area contributed by atoms with Gasteiger partial charge in [-0.05, 0) is 73.2 Å². The number of nitrogens with zero attached hydrogens (tertiary/aromatic N) is 4. The summed E-state index contributed by atoms with van der Waals surface area (Å²) in [5.41, 5.74) is 5.12. The molecule has 0 unspecified atom stereocenters. The molecule has 3 heterocycles. The lowest BCUT2D eigenvalue weighted by molar-refractivity contribution is 0.393. The summed E-state index contributed by atoms with van der Waals surface area (Å²) in [6.07, 6.45) is 1.82. The molecule has 0 bridgehead atoms. The Morgan fingerprint density at radius 1 is 1.16 bits per heavy atom. The van der Waals surface area contributed by atoms with E-state index in [4.69, 9.17) is 9.62 Å². The van der Waals surface area contributed by atoms with Crippen molar-refractivity contribution in [2.45, 2.75) is 26.8 Å². The molecule has 3 aromatic heterocycles. The van der Waals surface area contributed by atoms with Crippen LogP contribution in [0.4, 0.5) is 0 Å². The lowest BCUT2D eigenvalue weighted by atomic mass is 10.0. The highest BCUT2D eigenvalue weighted by molar-refractivity contribution is 14.1. The van der Waals surface area contributed by atoms with E-state index < -0.39 is 0 Å². The number of benzene rings is 1. The van der Waals surface area contributed by atoms with E-state index in [9.17, 15) is 0 Å². The van der Waals surface area contributed by atoms with Crippen LogP contribution in [0.2, 0.25) is 0 Å². The number of aryl methyl sites for hydroxylation is 2. The smallest absolute Gasteiger partial charge is 0.141 e. The zero-order valence-corrected chi connectivity index (χ0v) is 16.4. The number of rotatable bonds is 3. The van der Waals surface area contributed by atoms with Crippen molar-refractivity contribution in [3.8, 4) is 11.1 Å². The summed E-state index contributed by atoms with van der Waals surface area (Å²) in [4.78, 5) is 4.48. The van der Waals surface area contributed by atoms with E-state index in [0.717, 1.165) is 42.9 Å². The highest BCUT2D eigenvalue weighted by Crippen LogP contribution is 2.32. The largest absolute Gasteiger partial charge is 0.361 e. The van der Waals surface area contributed by atoms with Gasteiger partial charge in [-0.15, -0.1) is 0 Å². The van der Waals surface area contributed by atoms with Gasteiger partial charge in [-0.25, -0.2) is 0 Å². The summed E-state index contributed by atoms with van der Waals surface area (Å²) in [5, 5.41) is 9.97. The molecule has 0 spiro atoms. The van der Waals surface area contributed by atoms with Crippen molar-refractivity contribution >= 4 is 33.5 Å². The third kappa shape index (κ3) is 2.74. The van der Waals surface area contributed by atoms with Crippen LogP contribution in [0.25, 0.3) is 22.0 Å². The molecule has 0 N–H and O–H groups in total. The average molecular weight is 444 g/mol. The molecule has 0 fully saturated rings. The molecule has 126 valence electrons. The van der Waals surface area contributed by atoms with Gasteiger partial charge in [-0.3, -0.25) is 9.67 Å². The molecule has 25 heavy (non-hydrogen) atoms. The number of hydrogen-bond acceptors (Lipinski definition) is 4. The van der Waals surface area contributed by atoms with Gasteiger partial charge in [-0.1, -0.05) is 17.3 Å². The average Bonchev–Trinajstić information content (AvgIpc) is 3.14. The van der Waals surface area contributed by atoms with Crippen molar-refractivity contribution in [3.05, 3.63) is 63.4 Å². The summed E-state index contributed by atoms with van der Waals surface area (Å²) in [7, 11) is 0. The van der Waals surface area contributed by atoms with Crippen molar-refractivity contribution in [1.82, 2.24) is 19.9 Å². The fraction of sp³-hybridized carbons (Fsp3) is 0.211. The van der Waals surface area contributed by atoms with Crippen molar-refractivity contribution in [2.24, 2.45) is 0 Å². The summed E-state index contributed by atoms with van der Waals surface area (Å²) in [5.74, 6) is 0.829. The molecule has 0 aliphatic rings. The first-order valence-electron chi connectivity index (χ1n) is 8.08. The standard InChI is InChI=1S/C19H17IN4O/c1-11-18(13(3)25-23-11)14-7-8-15-17(10-14)24(22-19(15)20)12(2)16-6-4-5-9-21-16/h4-10,12H,1-3H3/t12-/m0/s1. The first kappa shape index (κ1) is 16.3. The Morgan fingerprint density at radius 3 is 2.68 bits per heavy atom. The zero-order chi connectivity index (χ0) is 17.6. The van der Waals surface area contributed by atoms with Crippen LogP contribution in [0.15, 0.2) is 47.1 Å². The molecule has 0 saturated heterocycles. The SMILES string of the molecule is Cc1noc(C)c1-c1ccc2c(I)nn([C@@H](C)c3ccccn3)c2c1. The summed E-state index contributed by atoms with van der Waals surface area (Å²) in [6.45, 7) is 6.03. The third-order valence-corrected chi connectivity index (χ3v) is 5.26. The molecule has 0 saturated carbocycles. The molecule has 4 rings (SSSR count). The summed E-state index contributed by atoms with van der Waals surface area (Å²) >= 11 is 2.29. The minimum atomic E-state index is 0.0483. The molecular formula is C19H17IN4O. The van der Waals surface area contributed by atoms with Gasteiger partial charge in [0, 0.05) is 17.1 Å².